The molecular weight excluding hydrogens is 388 g/mol. The minimum absolute atomic E-state index is 0.0608. The first-order valence-corrected chi connectivity index (χ1v) is 10.2. The maximum atomic E-state index is 12.6. The zero-order valence-electron chi connectivity index (χ0n) is 14.5. The third-order valence-corrected chi connectivity index (χ3v) is 6.09. The number of rotatable bonds is 4. The van der Waals surface area contributed by atoms with E-state index in [2.05, 4.69) is 15.4 Å². The van der Waals surface area contributed by atoms with Crippen molar-refractivity contribution in [3.8, 4) is 0 Å². The van der Waals surface area contributed by atoms with Gasteiger partial charge < -0.3 is 14.8 Å². The van der Waals surface area contributed by atoms with Crippen molar-refractivity contribution in [2.45, 2.75) is 0 Å². The summed E-state index contributed by atoms with van der Waals surface area (Å²) in [6, 6.07) is 3.55. The lowest BCUT2D eigenvalue weighted by atomic mass is 10.1. The van der Waals surface area contributed by atoms with Gasteiger partial charge in [-0.1, -0.05) is 0 Å². The summed E-state index contributed by atoms with van der Waals surface area (Å²) in [4.78, 5) is 31.2. The van der Waals surface area contributed by atoms with Crippen LogP contribution in [0.2, 0.25) is 0 Å². The van der Waals surface area contributed by atoms with Gasteiger partial charge in [0.25, 0.3) is 0 Å². The van der Waals surface area contributed by atoms with E-state index >= 15 is 0 Å². The number of aliphatic carboxylic acids is 1. The standard InChI is InChI=1S/C17H16N4O6S/c22-14-12(8-10-9-19-15-11(10)2-1-3-18-15)27-16(13(14)17(23)24)20-21-4-6-28(25,26)7-5-21/h1-3,8-9,20H,4-7H2,(H,18,19)(H,23,24). The number of aromatic nitrogens is 2. The summed E-state index contributed by atoms with van der Waals surface area (Å²) in [5, 5.41) is 11.7. The van der Waals surface area contributed by atoms with Crippen molar-refractivity contribution in [1.82, 2.24) is 20.4 Å². The van der Waals surface area contributed by atoms with Gasteiger partial charge in [0.2, 0.25) is 11.7 Å². The lowest BCUT2D eigenvalue weighted by Crippen LogP contribution is -2.48. The molecule has 0 spiro atoms. The van der Waals surface area contributed by atoms with Crippen molar-refractivity contribution < 1.29 is 27.9 Å². The number of sulfone groups is 1. The molecule has 0 amide bonds. The number of ether oxygens (including phenoxy) is 1. The minimum atomic E-state index is -3.10. The van der Waals surface area contributed by atoms with Crippen LogP contribution in [-0.2, 0) is 24.2 Å². The number of hydrogen-bond acceptors (Lipinski definition) is 8. The van der Waals surface area contributed by atoms with E-state index in [9.17, 15) is 23.1 Å². The number of fused-ring (bicyclic) bond motifs is 1. The van der Waals surface area contributed by atoms with Gasteiger partial charge in [-0.05, 0) is 18.2 Å². The number of allylic oxidation sites excluding steroid dienone is 1. The number of aromatic amines is 1. The van der Waals surface area contributed by atoms with Gasteiger partial charge >= 0.3 is 5.97 Å². The molecule has 2 aromatic rings. The number of carbonyl (C=O) groups is 2. The number of ketones is 1. The van der Waals surface area contributed by atoms with Crippen LogP contribution in [-0.4, -0.2) is 64.8 Å². The molecule has 0 unspecified atom stereocenters. The molecule has 2 aliphatic heterocycles. The zero-order chi connectivity index (χ0) is 19.9. The Morgan fingerprint density at radius 1 is 1.36 bits per heavy atom. The molecule has 3 N–H and O–H groups in total. The summed E-state index contributed by atoms with van der Waals surface area (Å²) >= 11 is 0. The smallest absolute Gasteiger partial charge is 0.345 e. The molecule has 0 atom stereocenters. The van der Waals surface area contributed by atoms with Crippen LogP contribution in [0.15, 0.2) is 41.7 Å². The number of Topliss-reactive ketones (excluding diaryl/α,β-unsaturated/α-hetero) is 1. The van der Waals surface area contributed by atoms with E-state index in [4.69, 9.17) is 4.74 Å². The van der Waals surface area contributed by atoms with Crippen LogP contribution in [0.5, 0.6) is 0 Å². The van der Waals surface area contributed by atoms with E-state index < -0.39 is 27.2 Å². The summed E-state index contributed by atoms with van der Waals surface area (Å²) < 4.78 is 28.6. The SMILES string of the molecule is O=C(O)C1=C(NN2CCS(=O)(=O)CC2)OC(=Cc2c[nH]c3ncccc23)C1=O. The van der Waals surface area contributed by atoms with Crippen molar-refractivity contribution in [3.05, 3.63) is 47.3 Å². The largest absolute Gasteiger partial charge is 0.477 e. The van der Waals surface area contributed by atoms with E-state index in [1.54, 1.807) is 18.5 Å². The highest BCUT2D eigenvalue weighted by atomic mass is 32.2. The highest BCUT2D eigenvalue weighted by Crippen LogP contribution is 2.27. The highest BCUT2D eigenvalue weighted by molar-refractivity contribution is 7.91. The molecule has 0 aliphatic carbocycles. The van der Waals surface area contributed by atoms with E-state index in [0.717, 1.165) is 5.39 Å². The van der Waals surface area contributed by atoms with E-state index in [0.29, 0.717) is 11.2 Å². The van der Waals surface area contributed by atoms with Crippen molar-refractivity contribution in [2.75, 3.05) is 24.6 Å². The third-order valence-electron chi connectivity index (χ3n) is 4.48. The second-order valence-electron chi connectivity index (χ2n) is 6.34. The van der Waals surface area contributed by atoms with E-state index in [1.807, 2.05) is 6.07 Å². The number of hydrazine groups is 1. The molecule has 10 nitrogen and oxygen atoms in total. The Morgan fingerprint density at radius 3 is 2.82 bits per heavy atom. The second kappa shape index (κ2) is 6.77. The summed E-state index contributed by atoms with van der Waals surface area (Å²) in [5.41, 5.74) is 3.45. The van der Waals surface area contributed by atoms with Gasteiger partial charge in [-0.25, -0.2) is 23.2 Å². The quantitative estimate of drug-likeness (QED) is 0.475. The average Bonchev–Trinajstić information content (AvgIpc) is 3.19. The summed E-state index contributed by atoms with van der Waals surface area (Å²) in [7, 11) is -3.10. The first-order valence-electron chi connectivity index (χ1n) is 8.40. The summed E-state index contributed by atoms with van der Waals surface area (Å²) in [6.45, 7) is 0.312. The van der Waals surface area contributed by atoms with Crippen LogP contribution in [0.3, 0.4) is 0 Å². The van der Waals surface area contributed by atoms with Gasteiger partial charge in [-0.3, -0.25) is 10.2 Å². The molecule has 4 rings (SSSR count). The first-order chi connectivity index (χ1) is 13.3. The normalized spacial score (nSPS) is 21.3. The van der Waals surface area contributed by atoms with Crippen LogP contribution >= 0.6 is 0 Å². The van der Waals surface area contributed by atoms with Crippen LogP contribution in [0.25, 0.3) is 17.1 Å². The predicted molar refractivity (Wildman–Crippen MR) is 98.2 cm³/mol. The number of carboxylic acid groups (broad SMARTS) is 1. The Hall–Kier alpha value is -3.18. The van der Waals surface area contributed by atoms with Gasteiger partial charge in [-0.15, -0.1) is 0 Å². The van der Waals surface area contributed by atoms with Crippen molar-refractivity contribution in [3.63, 3.8) is 0 Å². The van der Waals surface area contributed by atoms with Crippen molar-refractivity contribution >= 4 is 38.7 Å². The average molecular weight is 404 g/mol. The Morgan fingerprint density at radius 2 is 2.11 bits per heavy atom. The first kappa shape index (κ1) is 18.2. The van der Waals surface area contributed by atoms with Crippen molar-refractivity contribution in [2.24, 2.45) is 0 Å². The Kier molecular flexibility index (Phi) is 4.40. The maximum absolute atomic E-state index is 12.6. The molecule has 0 saturated carbocycles. The monoisotopic (exact) mass is 404 g/mol. The molecule has 4 heterocycles. The number of hydrogen-bond donors (Lipinski definition) is 3. The van der Waals surface area contributed by atoms with E-state index in [-0.39, 0.29) is 36.2 Å². The Bertz CT molecular complexity index is 1130. The summed E-state index contributed by atoms with van der Waals surface area (Å²) in [5.74, 6) is -2.68. The molecular formula is C17H16N4O6S. The lowest BCUT2D eigenvalue weighted by molar-refractivity contribution is -0.134. The predicted octanol–water partition coefficient (Wildman–Crippen LogP) is 0.0343. The fourth-order valence-corrected chi connectivity index (χ4v) is 4.21. The van der Waals surface area contributed by atoms with Crippen LogP contribution < -0.4 is 5.43 Å². The third kappa shape index (κ3) is 3.37. The highest BCUT2D eigenvalue weighted by Gasteiger charge is 2.37. The molecule has 0 aromatic carbocycles. The molecule has 11 heteroatoms. The van der Waals surface area contributed by atoms with Crippen LogP contribution in [0.1, 0.15) is 5.56 Å². The zero-order valence-corrected chi connectivity index (χ0v) is 15.3. The number of nitrogens with zero attached hydrogens (tertiary/aromatic N) is 2. The molecule has 2 aromatic heterocycles. The minimum Gasteiger partial charge on any atom is -0.477 e. The second-order valence-corrected chi connectivity index (χ2v) is 8.65. The van der Waals surface area contributed by atoms with Gasteiger partial charge in [0.05, 0.1) is 11.5 Å². The fraction of sp³-hybridized carbons (Fsp3) is 0.235. The molecule has 2 aliphatic rings. The van der Waals surface area contributed by atoms with Gasteiger partial charge in [-0.2, -0.15) is 0 Å². The number of pyridine rings is 1. The lowest BCUT2D eigenvalue weighted by Gasteiger charge is -2.27. The van der Waals surface area contributed by atoms with Crippen LogP contribution in [0, 0.1) is 0 Å². The maximum Gasteiger partial charge on any atom is 0.345 e. The van der Waals surface area contributed by atoms with Gasteiger partial charge in [0.15, 0.2) is 21.2 Å². The number of carbonyl (C=O) groups excluding carboxylic acids is 1. The molecule has 0 bridgehead atoms. The number of carboxylic acids is 1. The molecule has 146 valence electrons. The molecule has 1 fully saturated rings. The topological polar surface area (TPSA) is 142 Å². The number of H-pyrrole nitrogens is 1. The van der Waals surface area contributed by atoms with E-state index in [1.165, 1.54) is 11.1 Å². The number of nitrogens with one attached hydrogen (secondary N) is 2. The fourth-order valence-electron chi connectivity index (χ4n) is 3.01. The summed E-state index contributed by atoms with van der Waals surface area (Å²) in [6.07, 6.45) is 4.71. The van der Waals surface area contributed by atoms with Gasteiger partial charge in [0.1, 0.15) is 5.65 Å². The van der Waals surface area contributed by atoms with Crippen LogP contribution in [0.4, 0.5) is 0 Å². The van der Waals surface area contributed by atoms with Crippen molar-refractivity contribution in [1.29, 1.82) is 0 Å². The molecule has 0 radical (unpaired) electrons. The Balaban J connectivity index is 1.60. The molecule has 1 saturated heterocycles. The Labute approximate surface area is 159 Å². The molecule has 28 heavy (non-hydrogen) atoms. The van der Waals surface area contributed by atoms with Gasteiger partial charge in [0, 0.05) is 36.4 Å².